The summed E-state index contributed by atoms with van der Waals surface area (Å²) < 4.78 is 4.82. The molecule has 0 fully saturated rings. The zero-order valence-electron chi connectivity index (χ0n) is 12.7. The molecule has 1 amide bonds. The Morgan fingerprint density at radius 3 is 2.41 bits per heavy atom. The van der Waals surface area contributed by atoms with Crippen molar-refractivity contribution >= 4 is 17.3 Å². The van der Waals surface area contributed by atoms with Crippen LogP contribution in [0.4, 0.5) is 11.4 Å². The Bertz CT molecular complexity index is 816. The van der Waals surface area contributed by atoms with Gasteiger partial charge >= 0.3 is 0 Å². The fourth-order valence-corrected chi connectivity index (χ4v) is 2.10. The SMILES string of the molecule is COc1c(Nc2ccc(C)c(C(=O)N(C)C)c2O)c(=O)c1=O. The number of aromatic hydroxyl groups is 1. The molecule has 7 nitrogen and oxygen atoms in total. The standard InChI is InChI=1S/C15H16N2O5/c1-7-5-6-8(11(18)9(7)15(21)17(2)3)16-10-12(19)13(20)14(10)22-4/h5-6,16,18H,1-4H3. The minimum Gasteiger partial charge on any atom is -0.505 e. The summed E-state index contributed by atoms with van der Waals surface area (Å²) in [6.07, 6.45) is 0. The van der Waals surface area contributed by atoms with Crippen molar-refractivity contribution in [2.45, 2.75) is 6.92 Å². The van der Waals surface area contributed by atoms with E-state index < -0.39 is 10.9 Å². The molecule has 0 heterocycles. The van der Waals surface area contributed by atoms with Crippen molar-refractivity contribution in [1.82, 2.24) is 4.90 Å². The van der Waals surface area contributed by atoms with Crippen LogP contribution < -0.4 is 20.9 Å². The number of carbonyl (C=O) groups excluding carboxylic acids is 1. The van der Waals surface area contributed by atoms with Crippen LogP contribution in [-0.2, 0) is 0 Å². The Hall–Kier alpha value is -2.83. The predicted octanol–water partition coefficient (Wildman–Crippen LogP) is 0.751. The Labute approximate surface area is 126 Å². The first-order valence-electron chi connectivity index (χ1n) is 6.48. The fourth-order valence-electron chi connectivity index (χ4n) is 2.10. The van der Waals surface area contributed by atoms with Crippen LogP contribution in [0.25, 0.3) is 0 Å². The highest BCUT2D eigenvalue weighted by Crippen LogP contribution is 2.34. The lowest BCUT2D eigenvalue weighted by Gasteiger charge is -2.18. The van der Waals surface area contributed by atoms with Crippen molar-refractivity contribution < 1.29 is 14.6 Å². The van der Waals surface area contributed by atoms with Gasteiger partial charge in [-0.1, -0.05) is 6.07 Å². The minimum absolute atomic E-state index is 0.0325. The van der Waals surface area contributed by atoms with E-state index >= 15 is 0 Å². The maximum atomic E-state index is 12.1. The number of carbonyl (C=O) groups is 1. The van der Waals surface area contributed by atoms with E-state index in [0.717, 1.165) is 0 Å². The molecule has 0 saturated carbocycles. The van der Waals surface area contributed by atoms with E-state index in [1.807, 2.05) is 0 Å². The van der Waals surface area contributed by atoms with Gasteiger partial charge in [-0.2, -0.15) is 0 Å². The molecule has 2 N–H and O–H groups in total. The molecule has 2 aromatic rings. The maximum Gasteiger partial charge on any atom is 0.272 e. The van der Waals surface area contributed by atoms with Gasteiger partial charge in [0.2, 0.25) is 0 Å². The predicted molar refractivity (Wildman–Crippen MR) is 82.1 cm³/mol. The molecule has 0 bridgehead atoms. The maximum absolute atomic E-state index is 12.1. The van der Waals surface area contributed by atoms with Crippen LogP contribution in [0.2, 0.25) is 0 Å². The summed E-state index contributed by atoms with van der Waals surface area (Å²) in [5.41, 5.74) is -0.596. The number of methoxy groups -OCH3 is 1. The summed E-state index contributed by atoms with van der Waals surface area (Å²) in [6.45, 7) is 1.69. The highest BCUT2D eigenvalue weighted by molar-refractivity contribution is 6.00. The molecule has 22 heavy (non-hydrogen) atoms. The van der Waals surface area contributed by atoms with Gasteiger partial charge in [0.25, 0.3) is 16.8 Å². The van der Waals surface area contributed by atoms with Crippen LogP contribution in [0.3, 0.4) is 0 Å². The number of nitrogens with one attached hydrogen (secondary N) is 1. The molecule has 0 atom stereocenters. The Kier molecular flexibility index (Phi) is 3.90. The summed E-state index contributed by atoms with van der Waals surface area (Å²) >= 11 is 0. The third-order valence-corrected chi connectivity index (χ3v) is 3.34. The van der Waals surface area contributed by atoms with Crippen LogP contribution >= 0.6 is 0 Å². The largest absolute Gasteiger partial charge is 0.505 e. The van der Waals surface area contributed by atoms with Gasteiger partial charge in [-0.05, 0) is 18.6 Å². The summed E-state index contributed by atoms with van der Waals surface area (Å²) in [4.78, 5) is 36.3. The third-order valence-electron chi connectivity index (χ3n) is 3.34. The van der Waals surface area contributed by atoms with Crippen molar-refractivity contribution in [2.24, 2.45) is 0 Å². The second-order valence-electron chi connectivity index (χ2n) is 5.04. The van der Waals surface area contributed by atoms with Gasteiger partial charge in [0.1, 0.15) is 5.69 Å². The van der Waals surface area contributed by atoms with Crippen LogP contribution in [0.15, 0.2) is 21.7 Å². The molecule has 0 spiro atoms. The molecular formula is C15H16N2O5. The molecule has 0 aliphatic carbocycles. The quantitative estimate of drug-likeness (QED) is 0.639. The van der Waals surface area contributed by atoms with E-state index in [-0.39, 0.29) is 34.3 Å². The molecule has 0 aliphatic rings. The first-order valence-corrected chi connectivity index (χ1v) is 6.48. The van der Waals surface area contributed by atoms with Gasteiger partial charge in [0, 0.05) is 14.1 Å². The molecule has 116 valence electrons. The van der Waals surface area contributed by atoms with Crippen LogP contribution in [0, 0.1) is 6.92 Å². The third kappa shape index (κ3) is 2.30. The highest BCUT2D eigenvalue weighted by Gasteiger charge is 2.25. The summed E-state index contributed by atoms with van der Waals surface area (Å²) in [7, 11) is 4.42. The topological polar surface area (TPSA) is 95.9 Å². The van der Waals surface area contributed by atoms with Crippen LogP contribution in [0.5, 0.6) is 11.5 Å². The van der Waals surface area contributed by atoms with E-state index in [4.69, 9.17) is 4.74 Å². The van der Waals surface area contributed by atoms with E-state index in [1.54, 1.807) is 27.1 Å². The number of phenolic OH excluding ortho intramolecular Hbond substituents is 1. The van der Waals surface area contributed by atoms with E-state index in [9.17, 15) is 19.5 Å². The molecule has 0 radical (unpaired) electrons. The molecule has 2 rings (SSSR count). The summed E-state index contributed by atoms with van der Waals surface area (Å²) in [5.74, 6) is -0.741. The fraction of sp³-hybridized carbons (Fsp3) is 0.267. The van der Waals surface area contributed by atoms with Gasteiger partial charge in [-0.25, -0.2) is 0 Å². The molecule has 7 heteroatoms. The summed E-state index contributed by atoms with van der Waals surface area (Å²) in [5, 5.41) is 13.0. The number of amides is 1. The number of phenols is 1. The normalized spacial score (nSPS) is 10.5. The molecule has 2 aromatic carbocycles. The van der Waals surface area contributed by atoms with Crippen LogP contribution in [-0.4, -0.2) is 37.1 Å². The lowest BCUT2D eigenvalue weighted by Crippen LogP contribution is -2.34. The number of nitrogens with zero attached hydrogens (tertiary/aromatic N) is 1. The molecule has 0 unspecified atom stereocenters. The molecule has 0 aliphatic heterocycles. The first-order chi connectivity index (χ1) is 10.3. The van der Waals surface area contributed by atoms with Crippen molar-refractivity contribution in [1.29, 1.82) is 0 Å². The van der Waals surface area contributed by atoms with Crippen LogP contribution in [0.1, 0.15) is 15.9 Å². The van der Waals surface area contributed by atoms with Crippen molar-refractivity contribution in [2.75, 3.05) is 26.5 Å². The number of aryl methyl sites for hydroxylation is 1. The van der Waals surface area contributed by atoms with Gasteiger partial charge < -0.3 is 20.1 Å². The van der Waals surface area contributed by atoms with Crippen molar-refractivity contribution in [3.8, 4) is 11.5 Å². The summed E-state index contributed by atoms with van der Waals surface area (Å²) in [6, 6.07) is 3.16. The lowest BCUT2D eigenvalue weighted by molar-refractivity contribution is 0.0824. The molecule has 0 saturated heterocycles. The minimum atomic E-state index is -0.725. The monoisotopic (exact) mass is 304 g/mol. The van der Waals surface area contributed by atoms with Gasteiger partial charge in [0.05, 0.1) is 18.4 Å². The van der Waals surface area contributed by atoms with Gasteiger partial charge in [-0.15, -0.1) is 0 Å². The number of hydrogen-bond acceptors (Lipinski definition) is 6. The second kappa shape index (κ2) is 5.51. The van der Waals surface area contributed by atoms with Gasteiger partial charge in [-0.3, -0.25) is 14.4 Å². The smallest absolute Gasteiger partial charge is 0.272 e. The molecule has 0 aromatic heterocycles. The second-order valence-corrected chi connectivity index (χ2v) is 5.04. The average Bonchev–Trinajstić information content (AvgIpc) is 2.48. The lowest BCUT2D eigenvalue weighted by atomic mass is 10.0. The molecular weight excluding hydrogens is 288 g/mol. The number of anilines is 2. The first kappa shape index (κ1) is 15.6. The number of hydrogen-bond donors (Lipinski definition) is 2. The van der Waals surface area contributed by atoms with Crippen molar-refractivity contribution in [3.05, 3.63) is 43.7 Å². The number of ether oxygens (including phenoxy) is 1. The average molecular weight is 304 g/mol. The number of rotatable bonds is 4. The Balaban J connectivity index is 2.48. The Morgan fingerprint density at radius 1 is 1.23 bits per heavy atom. The van der Waals surface area contributed by atoms with Crippen molar-refractivity contribution in [3.63, 3.8) is 0 Å². The highest BCUT2D eigenvalue weighted by atomic mass is 16.5. The van der Waals surface area contributed by atoms with E-state index in [1.165, 1.54) is 18.1 Å². The Morgan fingerprint density at radius 2 is 1.86 bits per heavy atom. The number of benzene rings is 1. The zero-order valence-corrected chi connectivity index (χ0v) is 12.7. The van der Waals surface area contributed by atoms with E-state index in [0.29, 0.717) is 5.56 Å². The van der Waals surface area contributed by atoms with E-state index in [2.05, 4.69) is 5.32 Å². The zero-order chi connectivity index (χ0) is 16.6. The van der Waals surface area contributed by atoms with Gasteiger partial charge in [0.15, 0.2) is 11.5 Å².